The van der Waals surface area contributed by atoms with Crippen LogP contribution in [0.15, 0.2) is 164 Å². The minimum Gasteiger partial charge on any atom is -0.309 e. The van der Waals surface area contributed by atoms with E-state index in [1.54, 1.807) is 0 Å². The van der Waals surface area contributed by atoms with Crippen LogP contribution in [0.1, 0.15) is 0 Å². The fraction of sp³-hybridized carbons (Fsp3) is 0. The zero-order valence-electron chi connectivity index (χ0n) is 25.4. The lowest BCUT2D eigenvalue weighted by atomic mass is 9.95. The number of hydrogen-bond donors (Lipinski definition) is 0. The lowest BCUT2D eigenvalue weighted by molar-refractivity contribution is 1.05. The number of aromatic nitrogens is 3. The molecule has 0 fully saturated rings. The predicted molar refractivity (Wildman–Crippen MR) is 197 cm³/mol. The van der Waals surface area contributed by atoms with Gasteiger partial charge in [0.25, 0.3) is 0 Å². The van der Waals surface area contributed by atoms with Gasteiger partial charge >= 0.3 is 0 Å². The summed E-state index contributed by atoms with van der Waals surface area (Å²) >= 11 is 0. The highest BCUT2D eigenvalue weighted by molar-refractivity contribution is 6.16. The number of fused-ring (bicyclic) bond motifs is 8. The molecule has 10 aromatic rings. The van der Waals surface area contributed by atoms with Crippen molar-refractivity contribution in [2.45, 2.75) is 0 Å². The van der Waals surface area contributed by atoms with Gasteiger partial charge in [-0.3, -0.25) is 0 Å². The molecule has 0 radical (unpaired) electrons. The van der Waals surface area contributed by atoms with Crippen LogP contribution in [0.25, 0.3) is 92.8 Å². The van der Waals surface area contributed by atoms with Crippen molar-refractivity contribution in [1.29, 1.82) is 0 Å². The van der Waals surface area contributed by atoms with Gasteiger partial charge in [0.1, 0.15) is 0 Å². The second kappa shape index (κ2) is 10.1. The third-order valence-corrected chi connectivity index (χ3v) is 9.74. The summed E-state index contributed by atoms with van der Waals surface area (Å²) in [6.07, 6.45) is 3.83. The normalized spacial score (nSPS) is 11.8. The number of benzene rings is 8. The van der Waals surface area contributed by atoms with E-state index in [0.717, 1.165) is 27.6 Å². The summed E-state index contributed by atoms with van der Waals surface area (Å²) in [5.74, 6) is 0. The van der Waals surface area contributed by atoms with E-state index < -0.39 is 0 Å². The Hall–Kier alpha value is -6.32. The van der Waals surface area contributed by atoms with Crippen LogP contribution in [-0.2, 0) is 0 Å². The number of hydrogen-bond acceptors (Lipinski definition) is 2. The molecule has 0 aliphatic heterocycles. The van der Waals surface area contributed by atoms with Crippen LogP contribution < -0.4 is 0 Å². The maximum Gasteiger partial charge on any atom is 0.0596 e. The molecule has 0 aliphatic rings. The van der Waals surface area contributed by atoms with Crippen LogP contribution in [0.4, 0.5) is 0 Å². The molecule has 0 aliphatic carbocycles. The lowest BCUT2D eigenvalue weighted by Crippen LogP contribution is -1.98. The summed E-state index contributed by atoms with van der Waals surface area (Å²) < 4.78 is 2.41. The Labute approximate surface area is 271 Å². The summed E-state index contributed by atoms with van der Waals surface area (Å²) in [4.78, 5) is 0. The quantitative estimate of drug-likeness (QED) is 0.190. The predicted octanol–water partition coefficient (Wildman–Crippen LogP) is 11.5. The molecule has 0 unspecified atom stereocenters. The standard InChI is InChI=1S/C44H27N3/c1-2-8-28(9-3-1)32-17-20-42-38(24-32)39-23-30-11-4-5-12-31(30)25-44(39)47(42)43-21-19-37(40-26-45-46-27-41(40)43)34-16-18-36-33(22-34)15-14-29-10-6-7-13-35(29)36/h1-27H. The first kappa shape index (κ1) is 26.0. The molecule has 47 heavy (non-hydrogen) atoms. The van der Waals surface area contributed by atoms with Crippen molar-refractivity contribution < 1.29 is 0 Å². The third-order valence-electron chi connectivity index (χ3n) is 9.74. The van der Waals surface area contributed by atoms with Gasteiger partial charge in [-0.25, -0.2) is 0 Å². The minimum absolute atomic E-state index is 1.07. The van der Waals surface area contributed by atoms with Crippen molar-refractivity contribution in [2.24, 2.45) is 0 Å². The SMILES string of the molecule is c1ccc(-c2ccc3c(c2)c2cc4ccccc4cc2n3-c2ccc(-c3ccc4c(ccc5ccccc54)c3)c3cnncc23)cc1. The largest absolute Gasteiger partial charge is 0.309 e. The van der Waals surface area contributed by atoms with Crippen LogP contribution in [-0.4, -0.2) is 14.8 Å². The number of nitrogens with zero attached hydrogens (tertiary/aromatic N) is 3. The highest BCUT2D eigenvalue weighted by Crippen LogP contribution is 2.40. The number of rotatable bonds is 3. The van der Waals surface area contributed by atoms with E-state index in [1.165, 1.54) is 65.3 Å². The molecule has 3 nitrogen and oxygen atoms in total. The molecule has 0 atom stereocenters. The average Bonchev–Trinajstić information content (AvgIpc) is 3.45. The van der Waals surface area contributed by atoms with E-state index in [-0.39, 0.29) is 0 Å². The molecule has 8 aromatic carbocycles. The Morgan fingerprint density at radius 1 is 0.340 bits per heavy atom. The smallest absolute Gasteiger partial charge is 0.0596 e. The Bertz CT molecular complexity index is 2850. The van der Waals surface area contributed by atoms with Crippen molar-refractivity contribution in [2.75, 3.05) is 0 Å². The highest BCUT2D eigenvalue weighted by atomic mass is 15.1. The first-order valence-corrected chi connectivity index (χ1v) is 16.0. The maximum absolute atomic E-state index is 4.40. The minimum atomic E-state index is 1.07. The van der Waals surface area contributed by atoms with Gasteiger partial charge in [0, 0.05) is 21.5 Å². The van der Waals surface area contributed by atoms with Crippen molar-refractivity contribution in [3.63, 3.8) is 0 Å². The molecular formula is C44H27N3. The average molecular weight is 598 g/mol. The molecule has 2 aromatic heterocycles. The zero-order chi connectivity index (χ0) is 30.9. The second-order valence-electron chi connectivity index (χ2n) is 12.3. The van der Waals surface area contributed by atoms with Gasteiger partial charge in [0.2, 0.25) is 0 Å². The van der Waals surface area contributed by atoms with Gasteiger partial charge in [-0.1, -0.05) is 115 Å². The highest BCUT2D eigenvalue weighted by Gasteiger charge is 2.18. The summed E-state index contributed by atoms with van der Waals surface area (Å²) in [6.45, 7) is 0. The topological polar surface area (TPSA) is 30.7 Å². The summed E-state index contributed by atoms with van der Waals surface area (Å²) in [7, 11) is 0. The van der Waals surface area contributed by atoms with Crippen LogP contribution >= 0.6 is 0 Å². The molecule has 0 bridgehead atoms. The molecule has 218 valence electrons. The Morgan fingerprint density at radius 3 is 1.89 bits per heavy atom. The van der Waals surface area contributed by atoms with E-state index in [4.69, 9.17) is 0 Å². The monoisotopic (exact) mass is 597 g/mol. The van der Waals surface area contributed by atoms with Gasteiger partial charge in [-0.15, -0.1) is 0 Å². The first-order valence-electron chi connectivity index (χ1n) is 16.0. The van der Waals surface area contributed by atoms with E-state index in [9.17, 15) is 0 Å². The van der Waals surface area contributed by atoms with Crippen molar-refractivity contribution in [3.8, 4) is 27.9 Å². The molecule has 0 spiro atoms. The summed E-state index contributed by atoms with van der Waals surface area (Å²) in [5.41, 5.74) is 8.16. The van der Waals surface area contributed by atoms with Crippen LogP contribution in [0, 0.1) is 0 Å². The van der Waals surface area contributed by atoms with Crippen LogP contribution in [0.3, 0.4) is 0 Å². The van der Waals surface area contributed by atoms with Crippen molar-refractivity contribution in [1.82, 2.24) is 14.8 Å². The van der Waals surface area contributed by atoms with E-state index in [0.29, 0.717) is 0 Å². The van der Waals surface area contributed by atoms with Gasteiger partial charge in [-0.2, -0.15) is 10.2 Å². The Balaban J connectivity index is 1.23. The van der Waals surface area contributed by atoms with Gasteiger partial charge in [-0.05, 0) is 91.0 Å². The molecule has 2 heterocycles. The summed E-state index contributed by atoms with van der Waals surface area (Å²) in [5, 5.41) is 20.9. The van der Waals surface area contributed by atoms with Crippen LogP contribution in [0.2, 0.25) is 0 Å². The van der Waals surface area contributed by atoms with Gasteiger partial charge < -0.3 is 4.57 Å². The van der Waals surface area contributed by atoms with Crippen molar-refractivity contribution in [3.05, 3.63) is 164 Å². The van der Waals surface area contributed by atoms with Gasteiger partial charge in [0.05, 0.1) is 29.1 Å². The molecule has 0 amide bonds. The van der Waals surface area contributed by atoms with E-state index in [1.807, 2.05) is 12.4 Å². The molecule has 10 rings (SSSR count). The Kier molecular flexibility index (Phi) is 5.57. The maximum atomic E-state index is 4.40. The fourth-order valence-electron chi connectivity index (χ4n) is 7.48. The van der Waals surface area contributed by atoms with E-state index in [2.05, 4.69) is 166 Å². The molecule has 0 saturated heterocycles. The third kappa shape index (κ3) is 4.00. The summed E-state index contributed by atoms with van der Waals surface area (Å²) in [6, 6.07) is 55.1. The lowest BCUT2D eigenvalue weighted by Gasteiger charge is -2.15. The molecule has 0 saturated carbocycles. The molecular weight excluding hydrogens is 571 g/mol. The van der Waals surface area contributed by atoms with E-state index >= 15 is 0 Å². The molecule has 0 N–H and O–H groups in total. The van der Waals surface area contributed by atoms with Crippen molar-refractivity contribution >= 4 is 64.9 Å². The Morgan fingerprint density at radius 2 is 1.02 bits per heavy atom. The first-order chi connectivity index (χ1) is 23.3. The second-order valence-corrected chi connectivity index (χ2v) is 12.3. The molecule has 3 heteroatoms. The van der Waals surface area contributed by atoms with Gasteiger partial charge in [0.15, 0.2) is 0 Å². The zero-order valence-corrected chi connectivity index (χ0v) is 25.4. The van der Waals surface area contributed by atoms with Crippen LogP contribution in [0.5, 0.6) is 0 Å². The fourth-order valence-corrected chi connectivity index (χ4v) is 7.48.